The van der Waals surface area contributed by atoms with Crippen LogP contribution >= 0.6 is 0 Å². The summed E-state index contributed by atoms with van der Waals surface area (Å²) in [5.74, 6) is 2.04. The van der Waals surface area contributed by atoms with Crippen LogP contribution in [0.4, 0.5) is 11.5 Å². The molecule has 1 N–H and O–H groups in total. The van der Waals surface area contributed by atoms with E-state index in [-0.39, 0.29) is 7.33 Å². The number of pyridine rings is 1. The van der Waals surface area contributed by atoms with Crippen molar-refractivity contribution in [2.24, 2.45) is 5.92 Å². The Bertz CT molecular complexity index is 778. The molecule has 1 aromatic carbocycles. The highest BCUT2D eigenvalue weighted by Crippen LogP contribution is 2.22. The van der Waals surface area contributed by atoms with E-state index in [1.807, 2.05) is 24.3 Å². The molecule has 3 rings (SSSR count). The van der Waals surface area contributed by atoms with Crippen molar-refractivity contribution < 1.29 is 11.0 Å². The van der Waals surface area contributed by atoms with Gasteiger partial charge in [-0.1, -0.05) is 13.8 Å². The summed E-state index contributed by atoms with van der Waals surface area (Å²) in [4.78, 5) is 21.5. The molecule has 0 spiro atoms. The van der Waals surface area contributed by atoms with Crippen molar-refractivity contribution in [1.82, 2.24) is 9.88 Å². The number of carbonyl (C=O) groups excluding carboxylic acids is 1. The van der Waals surface area contributed by atoms with Gasteiger partial charge in [-0.25, -0.2) is 4.98 Å². The van der Waals surface area contributed by atoms with Crippen LogP contribution < -0.4 is 15.0 Å². The van der Waals surface area contributed by atoms with Gasteiger partial charge in [-0.15, -0.1) is 0 Å². The zero-order valence-corrected chi connectivity index (χ0v) is 17.2. The van der Waals surface area contributed by atoms with Crippen molar-refractivity contribution >= 4 is 17.4 Å². The number of rotatable bonds is 7. The number of ether oxygens (including phenoxy) is 1. The summed E-state index contributed by atoms with van der Waals surface area (Å²) in [6.45, 7) is 6.86. The van der Waals surface area contributed by atoms with Gasteiger partial charge in [0.05, 0.1) is 18.5 Å². The summed E-state index contributed by atoms with van der Waals surface area (Å²) in [7, 11) is 4.23. The van der Waals surface area contributed by atoms with Gasteiger partial charge >= 0.3 is 0 Å². The Morgan fingerprint density at radius 3 is 2.61 bits per heavy atom. The second-order valence-corrected chi connectivity index (χ2v) is 7.94. The van der Waals surface area contributed by atoms with E-state index in [1.54, 1.807) is 18.3 Å². The third kappa shape index (κ3) is 5.23. The van der Waals surface area contributed by atoms with E-state index in [0.29, 0.717) is 29.8 Å². The van der Waals surface area contributed by atoms with Crippen molar-refractivity contribution in [3.05, 3.63) is 48.2 Å². The smallest absolute Gasteiger partial charge is 0.255 e. The number of nitrogens with one attached hydrogen (secondary N) is 1. The topological polar surface area (TPSA) is 57.7 Å². The van der Waals surface area contributed by atoms with Gasteiger partial charge in [0.2, 0.25) is 0 Å². The van der Waals surface area contributed by atoms with Gasteiger partial charge in [-0.2, -0.15) is 0 Å². The molecular weight excluding hydrogens is 352 g/mol. The van der Waals surface area contributed by atoms with E-state index < -0.39 is 0 Å². The maximum absolute atomic E-state index is 12.5. The van der Waals surface area contributed by atoms with Gasteiger partial charge in [0.15, 0.2) is 0 Å². The zero-order valence-electron chi connectivity index (χ0n) is 17.2. The molecular formula is C22H32N4O2. The Morgan fingerprint density at radius 1 is 1.29 bits per heavy atom. The summed E-state index contributed by atoms with van der Waals surface area (Å²) < 4.78 is 5.66. The summed E-state index contributed by atoms with van der Waals surface area (Å²) in [6, 6.07) is 11.6. The molecule has 0 radical (unpaired) electrons. The number of hydrogen-bond donors (Lipinski definition) is 1. The Hall–Kier alpha value is -2.60. The van der Waals surface area contributed by atoms with Crippen LogP contribution in [0.2, 0.25) is 0 Å². The van der Waals surface area contributed by atoms with Crippen molar-refractivity contribution in [2.75, 3.05) is 44.0 Å². The molecule has 1 fully saturated rings. The standard InChI is InChI=1S/C22H30N4O2.H2/c1-16(2)15-28-20-8-5-17(6-9-20)22(27)24-18-7-10-21(23-13-18)26-12-11-19(14-26)25(3)4;/h5-10,13,16,19H,11-12,14-15H2,1-4H3,(H,24,27);1H. The first-order valence-corrected chi connectivity index (χ1v) is 9.84. The molecule has 6 nitrogen and oxygen atoms in total. The van der Waals surface area contributed by atoms with Crippen LogP contribution in [0.25, 0.3) is 0 Å². The minimum Gasteiger partial charge on any atom is -0.493 e. The lowest BCUT2D eigenvalue weighted by molar-refractivity contribution is 0.102. The molecule has 2 heterocycles. The normalized spacial score (nSPS) is 16.6. The van der Waals surface area contributed by atoms with Crippen molar-refractivity contribution in [3.63, 3.8) is 0 Å². The second kappa shape index (κ2) is 9.06. The number of anilines is 2. The van der Waals surface area contributed by atoms with Crippen molar-refractivity contribution in [1.29, 1.82) is 0 Å². The van der Waals surface area contributed by atoms with Crippen LogP contribution in [0.3, 0.4) is 0 Å². The van der Waals surface area contributed by atoms with E-state index in [0.717, 1.165) is 31.1 Å². The summed E-state index contributed by atoms with van der Waals surface area (Å²) in [5.41, 5.74) is 1.28. The van der Waals surface area contributed by atoms with Crippen molar-refractivity contribution in [2.45, 2.75) is 26.3 Å². The van der Waals surface area contributed by atoms with Gasteiger partial charge in [0.25, 0.3) is 5.91 Å². The highest BCUT2D eigenvalue weighted by Gasteiger charge is 2.24. The Balaban J connectivity index is 0.00000300. The first-order chi connectivity index (χ1) is 13.4. The Morgan fingerprint density at radius 2 is 2.04 bits per heavy atom. The lowest BCUT2D eigenvalue weighted by Crippen LogP contribution is -2.31. The average molecular weight is 385 g/mol. The van der Waals surface area contributed by atoms with Crippen molar-refractivity contribution in [3.8, 4) is 5.75 Å². The highest BCUT2D eigenvalue weighted by molar-refractivity contribution is 6.04. The third-order valence-electron chi connectivity index (χ3n) is 4.92. The molecule has 1 saturated heterocycles. The van der Waals surface area contributed by atoms with Crippen LogP contribution in [0, 0.1) is 5.92 Å². The molecule has 0 aliphatic carbocycles. The molecule has 2 aromatic rings. The Kier molecular flexibility index (Phi) is 6.52. The van der Waals surface area contributed by atoms with Crippen LogP contribution in [-0.4, -0.2) is 55.6 Å². The van der Waals surface area contributed by atoms with Gasteiger partial charge < -0.3 is 19.9 Å². The quantitative estimate of drug-likeness (QED) is 0.788. The van der Waals surface area contributed by atoms with Gasteiger partial charge in [-0.3, -0.25) is 4.79 Å². The number of carbonyl (C=O) groups is 1. The zero-order chi connectivity index (χ0) is 20.1. The average Bonchev–Trinajstić information content (AvgIpc) is 3.18. The van der Waals surface area contributed by atoms with E-state index in [2.05, 4.69) is 48.0 Å². The van der Waals surface area contributed by atoms with Gasteiger partial charge in [0, 0.05) is 26.1 Å². The SMILES string of the molecule is CC(C)COc1ccc(C(=O)Nc2ccc(N3CCC(N(C)C)C3)nc2)cc1.[HH]. The van der Waals surface area contributed by atoms with Gasteiger partial charge in [0.1, 0.15) is 11.6 Å². The highest BCUT2D eigenvalue weighted by atomic mass is 16.5. The monoisotopic (exact) mass is 384 g/mol. The van der Waals surface area contributed by atoms with Crippen LogP contribution in [-0.2, 0) is 0 Å². The summed E-state index contributed by atoms with van der Waals surface area (Å²) in [6.07, 6.45) is 2.86. The molecule has 0 saturated carbocycles. The fourth-order valence-electron chi connectivity index (χ4n) is 3.19. The minimum atomic E-state index is -0.154. The lowest BCUT2D eigenvalue weighted by Gasteiger charge is -2.21. The predicted octanol–water partition coefficient (Wildman–Crippen LogP) is 3.76. The molecule has 28 heavy (non-hydrogen) atoms. The molecule has 1 atom stereocenters. The minimum absolute atomic E-state index is 0. The van der Waals surface area contributed by atoms with Crippen LogP contribution in [0.5, 0.6) is 5.75 Å². The largest absolute Gasteiger partial charge is 0.493 e. The van der Waals surface area contributed by atoms with E-state index >= 15 is 0 Å². The number of amides is 1. The molecule has 152 valence electrons. The number of nitrogens with zero attached hydrogens (tertiary/aromatic N) is 3. The summed E-state index contributed by atoms with van der Waals surface area (Å²) >= 11 is 0. The first kappa shape index (κ1) is 20.1. The molecule has 1 aliphatic heterocycles. The molecule has 1 unspecified atom stereocenters. The second-order valence-electron chi connectivity index (χ2n) is 7.94. The molecule has 1 aromatic heterocycles. The Labute approximate surface area is 169 Å². The number of benzene rings is 1. The van der Waals surface area contributed by atoms with E-state index in [9.17, 15) is 4.79 Å². The first-order valence-electron chi connectivity index (χ1n) is 9.84. The molecule has 6 heteroatoms. The fourth-order valence-corrected chi connectivity index (χ4v) is 3.19. The molecule has 1 amide bonds. The van der Waals surface area contributed by atoms with Crippen LogP contribution in [0.1, 0.15) is 32.1 Å². The number of likely N-dealkylation sites (N-methyl/N-ethyl adjacent to an activating group) is 1. The summed E-state index contributed by atoms with van der Waals surface area (Å²) in [5, 5.41) is 2.90. The van der Waals surface area contributed by atoms with Gasteiger partial charge in [-0.05, 0) is 62.8 Å². The van der Waals surface area contributed by atoms with E-state index in [1.165, 1.54) is 0 Å². The molecule has 0 bridgehead atoms. The third-order valence-corrected chi connectivity index (χ3v) is 4.92. The van der Waals surface area contributed by atoms with Crippen LogP contribution in [0.15, 0.2) is 42.6 Å². The maximum atomic E-state index is 12.5. The predicted molar refractivity (Wildman–Crippen MR) is 115 cm³/mol. The van der Waals surface area contributed by atoms with E-state index in [4.69, 9.17) is 4.74 Å². The fraction of sp³-hybridized carbons (Fsp3) is 0.455. The lowest BCUT2D eigenvalue weighted by atomic mass is 10.2. The molecule has 1 aliphatic rings. The maximum Gasteiger partial charge on any atom is 0.255 e. The number of aromatic nitrogens is 1. The number of hydrogen-bond acceptors (Lipinski definition) is 5.